The Morgan fingerprint density at radius 1 is 1.10 bits per heavy atom. The van der Waals surface area contributed by atoms with Gasteiger partial charge in [-0.25, -0.2) is 0 Å². The lowest BCUT2D eigenvalue weighted by atomic mass is 10.1. The lowest BCUT2D eigenvalue weighted by Gasteiger charge is -2.11. The van der Waals surface area contributed by atoms with Gasteiger partial charge in [0.2, 0.25) is 5.91 Å². The molecule has 4 aromatic rings. The summed E-state index contributed by atoms with van der Waals surface area (Å²) in [5.41, 5.74) is 5.97. The van der Waals surface area contributed by atoms with Gasteiger partial charge in [0.1, 0.15) is 5.75 Å². The van der Waals surface area contributed by atoms with Gasteiger partial charge in [0.05, 0.1) is 24.1 Å². The maximum absolute atomic E-state index is 12.5. The van der Waals surface area contributed by atoms with Crippen LogP contribution in [0.1, 0.15) is 16.7 Å². The summed E-state index contributed by atoms with van der Waals surface area (Å²) >= 11 is 1.37. The number of hydrogen-bond donors (Lipinski definition) is 1. The first-order valence-corrected chi connectivity index (χ1v) is 10.3. The molecular formula is C22H22N4O2S. The predicted octanol–water partition coefficient (Wildman–Crippen LogP) is 4.55. The number of anilines is 1. The van der Waals surface area contributed by atoms with Crippen molar-refractivity contribution in [2.45, 2.75) is 25.9 Å². The van der Waals surface area contributed by atoms with Gasteiger partial charge in [0, 0.05) is 0 Å². The van der Waals surface area contributed by atoms with Crippen molar-refractivity contribution in [3.8, 4) is 5.75 Å². The Morgan fingerprint density at radius 3 is 2.69 bits per heavy atom. The fraction of sp³-hybridized carbons (Fsp3) is 0.227. The number of rotatable bonds is 5. The van der Waals surface area contributed by atoms with E-state index >= 15 is 0 Å². The summed E-state index contributed by atoms with van der Waals surface area (Å²) < 4.78 is 7.35. The quantitative estimate of drug-likeness (QED) is 0.493. The number of carbonyl (C=O) groups excluding carboxylic acids is 1. The Labute approximate surface area is 173 Å². The Morgan fingerprint density at radius 2 is 1.90 bits per heavy atom. The number of fused-ring (bicyclic) bond motifs is 3. The van der Waals surface area contributed by atoms with Crippen molar-refractivity contribution in [3.05, 3.63) is 59.2 Å². The van der Waals surface area contributed by atoms with E-state index in [2.05, 4.69) is 52.0 Å². The molecule has 2 aromatic carbocycles. The number of thioether (sulfide) groups is 1. The topological polar surface area (TPSA) is 68.5 Å². The van der Waals surface area contributed by atoms with E-state index in [0.29, 0.717) is 16.6 Å². The molecular weight excluding hydrogens is 384 g/mol. The molecule has 0 saturated heterocycles. The van der Waals surface area contributed by atoms with Crippen molar-refractivity contribution in [1.29, 1.82) is 0 Å². The molecule has 7 heteroatoms. The molecule has 0 aliphatic carbocycles. The highest BCUT2D eigenvalue weighted by molar-refractivity contribution is 7.99. The smallest absolute Gasteiger partial charge is 0.234 e. The SMILES string of the molecule is COc1ccccc1NC(=O)CSc1nnc2c(C)cc3cc(C)cc(C)c3n12. The van der Waals surface area contributed by atoms with Gasteiger partial charge in [-0.15, -0.1) is 10.2 Å². The van der Waals surface area contributed by atoms with E-state index in [1.54, 1.807) is 7.11 Å². The van der Waals surface area contributed by atoms with Gasteiger partial charge >= 0.3 is 0 Å². The fourth-order valence-electron chi connectivity index (χ4n) is 3.59. The molecule has 1 amide bonds. The van der Waals surface area contributed by atoms with Gasteiger partial charge in [-0.2, -0.15) is 0 Å². The first kappa shape index (κ1) is 19.3. The summed E-state index contributed by atoms with van der Waals surface area (Å²) in [7, 11) is 1.58. The van der Waals surface area contributed by atoms with Crippen LogP contribution in [0.25, 0.3) is 16.6 Å². The Hall–Kier alpha value is -3.06. The van der Waals surface area contributed by atoms with E-state index in [9.17, 15) is 4.79 Å². The number of aromatic nitrogens is 3. The molecule has 1 N–H and O–H groups in total. The monoisotopic (exact) mass is 406 g/mol. The Balaban J connectivity index is 1.64. The van der Waals surface area contributed by atoms with Crippen LogP contribution in [0.2, 0.25) is 0 Å². The molecule has 0 unspecified atom stereocenters. The molecule has 0 aliphatic rings. The van der Waals surface area contributed by atoms with Crippen molar-refractivity contribution in [2.75, 3.05) is 18.2 Å². The lowest BCUT2D eigenvalue weighted by Crippen LogP contribution is -2.15. The number of ether oxygens (including phenoxy) is 1. The summed E-state index contributed by atoms with van der Waals surface area (Å²) in [5.74, 6) is 0.728. The van der Waals surface area contributed by atoms with E-state index in [-0.39, 0.29) is 11.7 Å². The van der Waals surface area contributed by atoms with Crippen LogP contribution >= 0.6 is 11.8 Å². The van der Waals surface area contributed by atoms with Crippen LogP contribution in [0, 0.1) is 20.8 Å². The van der Waals surface area contributed by atoms with Crippen LogP contribution in [0.15, 0.2) is 47.6 Å². The molecule has 148 valence electrons. The van der Waals surface area contributed by atoms with Crippen molar-refractivity contribution in [2.24, 2.45) is 0 Å². The molecule has 0 aliphatic heterocycles. The van der Waals surface area contributed by atoms with Gasteiger partial charge in [-0.1, -0.05) is 35.5 Å². The largest absolute Gasteiger partial charge is 0.495 e. The third-order valence-electron chi connectivity index (χ3n) is 4.77. The van der Waals surface area contributed by atoms with E-state index in [1.807, 2.05) is 31.2 Å². The summed E-state index contributed by atoms with van der Waals surface area (Å²) in [4.78, 5) is 12.5. The maximum Gasteiger partial charge on any atom is 0.234 e. The molecule has 0 bridgehead atoms. The normalized spacial score (nSPS) is 11.2. The number of hydrogen-bond acceptors (Lipinski definition) is 5. The lowest BCUT2D eigenvalue weighted by molar-refractivity contribution is -0.113. The third-order valence-corrected chi connectivity index (χ3v) is 5.70. The predicted molar refractivity (Wildman–Crippen MR) is 117 cm³/mol. The third kappa shape index (κ3) is 3.65. The number of amides is 1. The molecule has 29 heavy (non-hydrogen) atoms. The summed E-state index contributed by atoms with van der Waals surface area (Å²) in [6.45, 7) is 6.22. The van der Waals surface area contributed by atoms with Crippen LogP contribution in [-0.4, -0.2) is 33.4 Å². The van der Waals surface area contributed by atoms with Crippen LogP contribution in [-0.2, 0) is 4.79 Å². The van der Waals surface area contributed by atoms with Gasteiger partial charge < -0.3 is 10.1 Å². The number of para-hydroxylation sites is 2. The molecule has 2 heterocycles. The second-order valence-electron chi connectivity index (χ2n) is 7.03. The highest BCUT2D eigenvalue weighted by atomic mass is 32.2. The minimum absolute atomic E-state index is 0.124. The maximum atomic E-state index is 12.5. The van der Waals surface area contributed by atoms with Crippen LogP contribution in [0.5, 0.6) is 5.75 Å². The second-order valence-corrected chi connectivity index (χ2v) is 7.97. The Bertz CT molecular complexity index is 1230. The number of benzene rings is 2. The van der Waals surface area contributed by atoms with Crippen LogP contribution < -0.4 is 10.1 Å². The zero-order chi connectivity index (χ0) is 20.5. The van der Waals surface area contributed by atoms with Crippen molar-refractivity contribution in [3.63, 3.8) is 0 Å². The number of carbonyl (C=O) groups is 1. The van der Waals surface area contributed by atoms with Gasteiger partial charge in [0.15, 0.2) is 10.8 Å². The fourth-order valence-corrected chi connectivity index (χ4v) is 4.33. The average Bonchev–Trinajstić information content (AvgIpc) is 3.11. The Kier molecular flexibility index (Phi) is 5.15. The van der Waals surface area contributed by atoms with E-state index in [4.69, 9.17) is 4.74 Å². The van der Waals surface area contributed by atoms with Crippen molar-refractivity contribution < 1.29 is 9.53 Å². The van der Waals surface area contributed by atoms with Crippen molar-refractivity contribution >= 4 is 39.9 Å². The highest BCUT2D eigenvalue weighted by Crippen LogP contribution is 2.29. The molecule has 0 radical (unpaired) electrons. The second kappa shape index (κ2) is 7.75. The molecule has 6 nitrogen and oxygen atoms in total. The molecule has 2 aromatic heterocycles. The number of aryl methyl sites for hydroxylation is 3. The minimum atomic E-state index is -0.124. The molecule has 4 rings (SSSR count). The minimum Gasteiger partial charge on any atom is -0.495 e. The zero-order valence-electron chi connectivity index (χ0n) is 16.8. The van der Waals surface area contributed by atoms with Gasteiger partial charge in [0.25, 0.3) is 0 Å². The molecule has 0 spiro atoms. The first-order valence-electron chi connectivity index (χ1n) is 9.29. The molecule has 0 saturated carbocycles. The van der Waals surface area contributed by atoms with Crippen LogP contribution in [0.4, 0.5) is 5.69 Å². The average molecular weight is 407 g/mol. The van der Waals surface area contributed by atoms with Crippen molar-refractivity contribution in [1.82, 2.24) is 14.6 Å². The number of pyridine rings is 1. The van der Waals surface area contributed by atoms with E-state index in [1.165, 1.54) is 17.3 Å². The molecule has 0 atom stereocenters. The number of nitrogens with zero attached hydrogens (tertiary/aromatic N) is 3. The number of nitrogens with one attached hydrogen (secondary N) is 1. The molecule has 0 fully saturated rings. The van der Waals surface area contributed by atoms with E-state index < -0.39 is 0 Å². The summed E-state index contributed by atoms with van der Waals surface area (Å²) in [5, 5.41) is 13.5. The van der Waals surface area contributed by atoms with Crippen LogP contribution in [0.3, 0.4) is 0 Å². The highest BCUT2D eigenvalue weighted by Gasteiger charge is 2.16. The van der Waals surface area contributed by atoms with Gasteiger partial charge in [-0.3, -0.25) is 9.20 Å². The van der Waals surface area contributed by atoms with E-state index in [0.717, 1.165) is 27.7 Å². The standard InChI is InChI=1S/C22H22N4O2S/c1-13-9-14(2)20-16(10-13)11-15(3)21-24-25-22(26(20)21)29-12-19(27)23-17-7-5-6-8-18(17)28-4/h5-11H,12H2,1-4H3,(H,23,27). The first-order chi connectivity index (χ1) is 14.0. The summed E-state index contributed by atoms with van der Waals surface area (Å²) in [6, 6.07) is 13.8. The summed E-state index contributed by atoms with van der Waals surface area (Å²) in [6.07, 6.45) is 0. The van der Waals surface area contributed by atoms with Gasteiger partial charge in [-0.05, 0) is 61.5 Å². The number of methoxy groups -OCH3 is 1. The zero-order valence-corrected chi connectivity index (χ0v) is 17.6.